The fourth-order valence-corrected chi connectivity index (χ4v) is 3.93. The van der Waals surface area contributed by atoms with Crippen molar-refractivity contribution >= 4 is 22.9 Å². The molecule has 7 heteroatoms. The summed E-state index contributed by atoms with van der Waals surface area (Å²) in [7, 11) is 2.01. The maximum Gasteiger partial charge on any atom is 0.163 e. The van der Waals surface area contributed by atoms with Crippen LogP contribution in [0.5, 0.6) is 0 Å². The molecule has 4 rings (SSSR count). The molecule has 5 nitrogen and oxygen atoms in total. The standard InChI is InChI=1S/C18H19ClN4OS/c1-22-17(20-21-18(22)13-4-6-14(19)7-5-13)12-23-8-9-24-15(11-23)16-3-2-10-25-16/h2-7,10,15H,8-9,11-12H2,1H3. The van der Waals surface area contributed by atoms with Crippen molar-refractivity contribution in [1.29, 1.82) is 0 Å². The molecule has 1 aromatic carbocycles. The van der Waals surface area contributed by atoms with E-state index in [2.05, 4.69) is 37.2 Å². The lowest BCUT2D eigenvalue weighted by atomic mass is 10.2. The van der Waals surface area contributed by atoms with Gasteiger partial charge in [0, 0.05) is 35.6 Å². The molecule has 25 heavy (non-hydrogen) atoms. The molecule has 1 unspecified atom stereocenters. The summed E-state index contributed by atoms with van der Waals surface area (Å²) < 4.78 is 7.97. The number of nitrogens with zero attached hydrogens (tertiary/aromatic N) is 4. The predicted molar refractivity (Wildman–Crippen MR) is 99.7 cm³/mol. The Morgan fingerprint density at radius 3 is 2.84 bits per heavy atom. The minimum absolute atomic E-state index is 0.151. The fourth-order valence-electron chi connectivity index (χ4n) is 3.04. The minimum Gasteiger partial charge on any atom is -0.370 e. The third-order valence-corrected chi connectivity index (χ3v) is 5.66. The zero-order chi connectivity index (χ0) is 17.2. The molecule has 2 aromatic heterocycles. The average molecular weight is 375 g/mol. The molecule has 1 atom stereocenters. The van der Waals surface area contributed by atoms with Crippen LogP contribution in [-0.4, -0.2) is 39.4 Å². The highest BCUT2D eigenvalue weighted by atomic mass is 35.5. The second kappa shape index (κ2) is 7.25. The molecule has 0 saturated carbocycles. The molecule has 1 aliphatic rings. The van der Waals surface area contributed by atoms with Crippen LogP contribution in [-0.2, 0) is 18.3 Å². The van der Waals surface area contributed by atoms with E-state index in [9.17, 15) is 0 Å². The highest BCUT2D eigenvalue weighted by Gasteiger charge is 2.24. The minimum atomic E-state index is 0.151. The maximum absolute atomic E-state index is 5.97. The van der Waals surface area contributed by atoms with Gasteiger partial charge in [0.05, 0.1) is 13.2 Å². The highest BCUT2D eigenvalue weighted by molar-refractivity contribution is 7.10. The lowest BCUT2D eigenvalue weighted by molar-refractivity contribution is -0.0321. The molecule has 0 amide bonds. The molecular weight excluding hydrogens is 356 g/mol. The van der Waals surface area contributed by atoms with E-state index in [1.807, 2.05) is 31.3 Å². The van der Waals surface area contributed by atoms with Crippen molar-refractivity contribution in [2.75, 3.05) is 19.7 Å². The Hall–Kier alpha value is -1.73. The van der Waals surface area contributed by atoms with E-state index in [4.69, 9.17) is 16.3 Å². The van der Waals surface area contributed by atoms with Crippen LogP contribution in [0.15, 0.2) is 41.8 Å². The van der Waals surface area contributed by atoms with Crippen LogP contribution < -0.4 is 0 Å². The van der Waals surface area contributed by atoms with Crippen LogP contribution in [0.3, 0.4) is 0 Å². The molecule has 0 bridgehead atoms. The Morgan fingerprint density at radius 2 is 2.08 bits per heavy atom. The lowest BCUT2D eigenvalue weighted by Gasteiger charge is -2.32. The van der Waals surface area contributed by atoms with Crippen molar-refractivity contribution in [2.45, 2.75) is 12.6 Å². The molecular formula is C18H19ClN4OS. The number of halogens is 1. The summed E-state index contributed by atoms with van der Waals surface area (Å²) in [6.45, 7) is 3.29. The molecule has 1 aliphatic heterocycles. The Labute approximate surface area is 155 Å². The van der Waals surface area contributed by atoms with Crippen molar-refractivity contribution in [3.63, 3.8) is 0 Å². The monoisotopic (exact) mass is 374 g/mol. The van der Waals surface area contributed by atoms with Crippen LogP contribution in [0.4, 0.5) is 0 Å². The number of thiophene rings is 1. The topological polar surface area (TPSA) is 43.2 Å². The fraction of sp³-hybridized carbons (Fsp3) is 0.333. The Morgan fingerprint density at radius 1 is 1.24 bits per heavy atom. The number of aromatic nitrogens is 3. The Bertz CT molecular complexity index is 831. The smallest absolute Gasteiger partial charge is 0.163 e. The van der Waals surface area contributed by atoms with Gasteiger partial charge in [-0.1, -0.05) is 17.7 Å². The quantitative estimate of drug-likeness (QED) is 0.697. The number of hydrogen-bond donors (Lipinski definition) is 0. The van der Waals surface area contributed by atoms with Gasteiger partial charge in [-0.2, -0.15) is 0 Å². The molecule has 3 heterocycles. The maximum atomic E-state index is 5.97. The Balaban J connectivity index is 1.48. The zero-order valence-electron chi connectivity index (χ0n) is 13.9. The third kappa shape index (κ3) is 3.62. The van der Waals surface area contributed by atoms with Gasteiger partial charge in [0.25, 0.3) is 0 Å². The molecule has 0 N–H and O–H groups in total. The largest absolute Gasteiger partial charge is 0.370 e. The van der Waals surface area contributed by atoms with Gasteiger partial charge in [0.15, 0.2) is 5.82 Å². The van der Waals surface area contributed by atoms with E-state index < -0.39 is 0 Å². The number of morpholine rings is 1. The number of hydrogen-bond acceptors (Lipinski definition) is 5. The van der Waals surface area contributed by atoms with E-state index in [0.717, 1.165) is 48.5 Å². The van der Waals surface area contributed by atoms with E-state index >= 15 is 0 Å². The van der Waals surface area contributed by atoms with E-state index in [-0.39, 0.29) is 6.10 Å². The molecule has 0 spiro atoms. The summed E-state index contributed by atoms with van der Waals surface area (Å²) in [5.74, 6) is 1.81. The zero-order valence-corrected chi connectivity index (χ0v) is 15.5. The van der Waals surface area contributed by atoms with Crippen LogP contribution in [0, 0.1) is 0 Å². The predicted octanol–water partition coefficient (Wildman–Crippen LogP) is 3.77. The molecule has 1 saturated heterocycles. The second-order valence-electron chi connectivity index (χ2n) is 6.12. The summed E-state index contributed by atoms with van der Waals surface area (Å²) in [6, 6.07) is 11.9. The molecule has 3 aromatic rings. The highest BCUT2D eigenvalue weighted by Crippen LogP contribution is 2.27. The van der Waals surface area contributed by atoms with Gasteiger partial charge in [-0.3, -0.25) is 4.90 Å². The second-order valence-corrected chi connectivity index (χ2v) is 7.53. The summed E-state index contributed by atoms with van der Waals surface area (Å²) in [5, 5.41) is 11.6. The van der Waals surface area contributed by atoms with Crippen molar-refractivity contribution in [1.82, 2.24) is 19.7 Å². The first-order valence-corrected chi connectivity index (χ1v) is 9.48. The lowest BCUT2D eigenvalue weighted by Crippen LogP contribution is -2.38. The SMILES string of the molecule is Cn1c(CN2CCOC(c3cccs3)C2)nnc1-c1ccc(Cl)cc1. The third-order valence-electron chi connectivity index (χ3n) is 4.44. The van der Waals surface area contributed by atoms with Gasteiger partial charge in [0.1, 0.15) is 11.9 Å². The van der Waals surface area contributed by atoms with Gasteiger partial charge < -0.3 is 9.30 Å². The average Bonchev–Trinajstić information content (AvgIpc) is 3.28. The van der Waals surface area contributed by atoms with Crippen molar-refractivity contribution in [2.24, 2.45) is 7.05 Å². The van der Waals surface area contributed by atoms with E-state index in [1.54, 1.807) is 11.3 Å². The first kappa shape index (κ1) is 16.7. The molecule has 130 valence electrons. The van der Waals surface area contributed by atoms with Gasteiger partial charge in [-0.15, -0.1) is 21.5 Å². The van der Waals surface area contributed by atoms with Crippen molar-refractivity contribution in [3.8, 4) is 11.4 Å². The summed E-state index contributed by atoms with van der Waals surface area (Å²) in [4.78, 5) is 3.66. The van der Waals surface area contributed by atoms with Crippen LogP contribution in [0.1, 0.15) is 16.8 Å². The number of rotatable bonds is 4. The molecule has 1 fully saturated rings. The van der Waals surface area contributed by atoms with Crippen LogP contribution in [0.25, 0.3) is 11.4 Å². The Kier molecular flexibility index (Phi) is 4.85. The normalized spacial score (nSPS) is 18.6. The van der Waals surface area contributed by atoms with Crippen molar-refractivity contribution in [3.05, 3.63) is 57.5 Å². The first-order valence-electron chi connectivity index (χ1n) is 8.22. The van der Waals surface area contributed by atoms with Crippen LogP contribution in [0.2, 0.25) is 5.02 Å². The van der Waals surface area contributed by atoms with Gasteiger partial charge in [-0.05, 0) is 35.7 Å². The number of ether oxygens (including phenoxy) is 1. The summed E-state index contributed by atoms with van der Waals surface area (Å²) in [5.41, 5.74) is 1.02. The van der Waals surface area contributed by atoms with E-state index in [0.29, 0.717) is 0 Å². The molecule has 0 radical (unpaired) electrons. The summed E-state index contributed by atoms with van der Waals surface area (Å²) in [6.07, 6.45) is 0.151. The molecule has 0 aliphatic carbocycles. The first-order chi connectivity index (χ1) is 12.2. The van der Waals surface area contributed by atoms with Gasteiger partial charge >= 0.3 is 0 Å². The van der Waals surface area contributed by atoms with Gasteiger partial charge in [0.2, 0.25) is 0 Å². The number of benzene rings is 1. The van der Waals surface area contributed by atoms with E-state index in [1.165, 1.54) is 4.88 Å². The summed E-state index contributed by atoms with van der Waals surface area (Å²) >= 11 is 7.72. The van der Waals surface area contributed by atoms with Crippen molar-refractivity contribution < 1.29 is 4.74 Å². The van der Waals surface area contributed by atoms with Gasteiger partial charge in [-0.25, -0.2) is 0 Å². The van der Waals surface area contributed by atoms with Crippen LogP contribution >= 0.6 is 22.9 Å².